The zero-order chi connectivity index (χ0) is 21.0. The Balaban J connectivity index is 4.03. The lowest BCUT2D eigenvalue weighted by Crippen LogP contribution is -2.42. The molecule has 0 bridgehead atoms. The molecule has 0 saturated carbocycles. The topological polar surface area (TPSA) is 29.5 Å². The third-order valence-electron chi connectivity index (χ3n) is 5.61. The Labute approximate surface area is 177 Å². The Morgan fingerprint density at radius 3 is 1.75 bits per heavy atom. The van der Waals surface area contributed by atoms with Crippen LogP contribution in [0.25, 0.3) is 0 Å². The number of carbonyl (C=O) groups excluding carboxylic acids is 1. The molecular weight excluding hydrogens is 345 g/mol. The summed E-state index contributed by atoms with van der Waals surface area (Å²) < 4.78 is 5.65. The van der Waals surface area contributed by atoms with Crippen molar-refractivity contribution < 1.29 is 9.53 Å². The van der Waals surface area contributed by atoms with Crippen molar-refractivity contribution in [3.8, 4) is 0 Å². The summed E-state index contributed by atoms with van der Waals surface area (Å²) in [5.41, 5.74) is 0. The Morgan fingerprint density at radius 1 is 0.786 bits per heavy atom. The molecule has 28 heavy (non-hydrogen) atoms. The number of ether oxygens (including phenoxy) is 1. The fourth-order valence-corrected chi connectivity index (χ4v) is 3.70. The van der Waals surface area contributed by atoms with E-state index in [1.807, 2.05) is 0 Å². The molecule has 1 atom stereocenters. The molecular formula is C24H50BNO2. The van der Waals surface area contributed by atoms with Crippen molar-refractivity contribution in [3.63, 3.8) is 0 Å². The van der Waals surface area contributed by atoms with Gasteiger partial charge in [-0.15, -0.1) is 0 Å². The summed E-state index contributed by atoms with van der Waals surface area (Å²) in [4.78, 5) is 14.9. The van der Waals surface area contributed by atoms with Crippen LogP contribution in [0.2, 0.25) is 0 Å². The molecule has 0 aliphatic heterocycles. The van der Waals surface area contributed by atoms with Gasteiger partial charge in [0.2, 0.25) is 0 Å². The molecule has 0 saturated heterocycles. The summed E-state index contributed by atoms with van der Waals surface area (Å²) in [6.07, 6.45) is 18.8. The van der Waals surface area contributed by atoms with Crippen LogP contribution in [0.5, 0.6) is 0 Å². The summed E-state index contributed by atoms with van der Waals surface area (Å²) in [5, 5.41) is 0. The maximum absolute atomic E-state index is 12.6. The van der Waals surface area contributed by atoms with Gasteiger partial charge >= 0.3 is 5.97 Å². The van der Waals surface area contributed by atoms with Crippen molar-refractivity contribution in [3.05, 3.63) is 0 Å². The molecule has 0 heterocycles. The van der Waals surface area contributed by atoms with Gasteiger partial charge in [0.1, 0.15) is 0 Å². The number of nitrogens with zero attached hydrogens (tertiary/aromatic N) is 1. The van der Waals surface area contributed by atoms with E-state index in [-0.39, 0.29) is 12.0 Å². The van der Waals surface area contributed by atoms with Gasteiger partial charge in [0.15, 0.2) is 7.98 Å². The average molecular weight is 395 g/mol. The number of hydrogen-bond donors (Lipinski definition) is 0. The van der Waals surface area contributed by atoms with Crippen molar-refractivity contribution in [2.45, 2.75) is 130 Å². The van der Waals surface area contributed by atoms with Gasteiger partial charge in [-0.1, -0.05) is 105 Å². The van der Waals surface area contributed by atoms with E-state index in [1.165, 1.54) is 83.5 Å². The van der Waals surface area contributed by atoms with Gasteiger partial charge in [-0.05, 0) is 31.7 Å². The van der Waals surface area contributed by atoms with Gasteiger partial charge in [0.05, 0.1) is 12.6 Å². The SMILES string of the molecule is BN(CCCCCCCCC)[C@@H](CC(C)C)C(=O)OCCCCCCCCC. The van der Waals surface area contributed by atoms with Crippen LogP contribution in [0.15, 0.2) is 0 Å². The Bertz CT molecular complexity index is 349. The first-order chi connectivity index (χ1) is 13.5. The quantitative estimate of drug-likeness (QED) is 0.138. The van der Waals surface area contributed by atoms with Crippen LogP contribution in [-0.2, 0) is 9.53 Å². The highest BCUT2D eigenvalue weighted by atomic mass is 16.5. The predicted octanol–water partition coefficient (Wildman–Crippen LogP) is 6.30. The number of esters is 1. The fourth-order valence-electron chi connectivity index (χ4n) is 3.70. The predicted molar refractivity (Wildman–Crippen MR) is 125 cm³/mol. The second-order valence-corrected chi connectivity index (χ2v) is 9.04. The molecule has 0 aliphatic rings. The van der Waals surface area contributed by atoms with Gasteiger partial charge in [0, 0.05) is 0 Å². The minimum atomic E-state index is -0.0790. The lowest BCUT2D eigenvalue weighted by molar-refractivity contribution is -0.149. The monoisotopic (exact) mass is 395 g/mol. The van der Waals surface area contributed by atoms with Gasteiger partial charge < -0.3 is 9.55 Å². The summed E-state index contributed by atoms with van der Waals surface area (Å²) in [6.45, 7) is 10.5. The first-order valence-corrected chi connectivity index (χ1v) is 12.4. The zero-order valence-corrected chi connectivity index (χ0v) is 19.9. The maximum Gasteiger partial charge on any atom is 0.322 e. The Kier molecular flexibility index (Phi) is 19.4. The number of carbonyl (C=O) groups is 1. The zero-order valence-electron chi connectivity index (χ0n) is 19.9. The maximum atomic E-state index is 12.6. The number of rotatable bonds is 20. The van der Waals surface area contributed by atoms with Crippen LogP contribution in [0.3, 0.4) is 0 Å². The van der Waals surface area contributed by atoms with Crippen molar-refractivity contribution in [1.82, 2.24) is 4.81 Å². The summed E-state index contributed by atoms with van der Waals surface area (Å²) >= 11 is 0. The van der Waals surface area contributed by atoms with Crippen molar-refractivity contribution in [1.29, 1.82) is 0 Å². The third-order valence-corrected chi connectivity index (χ3v) is 5.61. The molecule has 0 spiro atoms. The molecule has 0 aromatic heterocycles. The van der Waals surface area contributed by atoms with E-state index in [0.717, 1.165) is 19.4 Å². The molecule has 0 aromatic rings. The lowest BCUT2D eigenvalue weighted by Gasteiger charge is -2.28. The van der Waals surface area contributed by atoms with Crippen molar-refractivity contribution in [2.24, 2.45) is 5.92 Å². The van der Waals surface area contributed by atoms with E-state index in [9.17, 15) is 4.79 Å². The van der Waals surface area contributed by atoms with Gasteiger partial charge in [-0.3, -0.25) is 4.79 Å². The molecule has 0 fully saturated rings. The molecule has 3 nitrogen and oxygen atoms in total. The highest BCUT2D eigenvalue weighted by molar-refractivity contribution is 6.06. The molecule has 166 valence electrons. The largest absolute Gasteiger partial charge is 0.465 e. The minimum Gasteiger partial charge on any atom is -0.465 e. The number of hydrogen-bond acceptors (Lipinski definition) is 3. The normalized spacial score (nSPS) is 12.6. The van der Waals surface area contributed by atoms with E-state index in [0.29, 0.717) is 12.5 Å². The van der Waals surface area contributed by atoms with Crippen LogP contribution in [0.1, 0.15) is 124 Å². The fraction of sp³-hybridized carbons (Fsp3) is 0.958. The van der Waals surface area contributed by atoms with Gasteiger partial charge in [0.25, 0.3) is 0 Å². The molecule has 0 N–H and O–H groups in total. The smallest absolute Gasteiger partial charge is 0.322 e. The lowest BCUT2D eigenvalue weighted by atomic mass is 9.99. The van der Waals surface area contributed by atoms with Crippen LogP contribution >= 0.6 is 0 Å². The molecule has 4 heteroatoms. The highest BCUT2D eigenvalue weighted by Crippen LogP contribution is 2.14. The summed E-state index contributed by atoms with van der Waals surface area (Å²) in [6, 6.07) is -0.0790. The first kappa shape index (κ1) is 27.5. The van der Waals surface area contributed by atoms with Gasteiger partial charge in [-0.2, -0.15) is 0 Å². The second-order valence-electron chi connectivity index (χ2n) is 9.04. The molecule has 0 aliphatic carbocycles. The molecule has 0 unspecified atom stereocenters. The molecule has 0 radical (unpaired) electrons. The second kappa shape index (κ2) is 19.8. The van der Waals surface area contributed by atoms with E-state index < -0.39 is 0 Å². The van der Waals surface area contributed by atoms with Crippen molar-refractivity contribution in [2.75, 3.05) is 13.2 Å². The Morgan fingerprint density at radius 2 is 1.25 bits per heavy atom. The van der Waals surface area contributed by atoms with Crippen LogP contribution in [-0.4, -0.2) is 38.0 Å². The van der Waals surface area contributed by atoms with Crippen LogP contribution in [0, 0.1) is 5.92 Å². The Hall–Kier alpha value is -0.505. The van der Waals surface area contributed by atoms with Gasteiger partial charge in [-0.25, -0.2) is 0 Å². The van der Waals surface area contributed by atoms with E-state index in [4.69, 9.17) is 4.74 Å². The molecule has 0 aromatic carbocycles. The van der Waals surface area contributed by atoms with E-state index >= 15 is 0 Å². The van der Waals surface area contributed by atoms with Crippen LogP contribution < -0.4 is 0 Å². The molecule has 0 rings (SSSR count). The van der Waals surface area contributed by atoms with Crippen LogP contribution in [0.4, 0.5) is 0 Å². The molecule has 0 amide bonds. The first-order valence-electron chi connectivity index (χ1n) is 12.4. The summed E-state index contributed by atoms with van der Waals surface area (Å²) in [5.74, 6) is 0.498. The standard InChI is InChI=1S/C24H50BNO2/c1-5-7-9-11-13-15-17-19-26(25)23(21-22(3)4)24(27)28-20-18-16-14-12-10-8-6-2/h22-23H,5-21,25H2,1-4H3/t23-/m0/s1. The minimum absolute atomic E-state index is 0.00914. The third kappa shape index (κ3) is 16.4. The average Bonchev–Trinajstić information content (AvgIpc) is 2.67. The van der Waals surface area contributed by atoms with Crippen molar-refractivity contribution >= 4 is 14.0 Å². The van der Waals surface area contributed by atoms with E-state index in [2.05, 4.69) is 40.5 Å². The van der Waals surface area contributed by atoms with E-state index in [1.54, 1.807) is 0 Å². The summed E-state index contributed by atoms with van der Waals surface area (Å²) in [7, 11) is 2.10. The highest BCUT2D eigenvalue weighted by Gasteiger charge is 2.24. The number of unbranched alkanes of at least 4 members (excludes halogenated alkanes) is 12.